The van der Waals surface area contributed by atoms with Crippen molar-refractivity contribution < 1.29 is 37.5 Å². The van der Waals surface area contributed by atoms with Crippen molar-refractivity contribution in [3.05, 3.63) is 60.7 Å². The summed E-state index contributed by atoms with van der Waals surface area (Å²) in [5.74, 6) is 0.144. The first-order chi connectivity index (χ1) is 6.79. The standard InChI is InChI=1S/2C6H6O.Cd/c2*7-6-4-2-1-3-5-6;/h2*1-5,7H;/q;;+2/p-2. The minimum Gasteiger partial charge on any atom is -0.872 e. The number of hydrogen-bond acceptors (Lipinski definition) is 2. The van der Waals surface area contributed by atoms with E-state index >= 15 is 0 Å². The zero-order chi connectivity index (χ0) is 10.2. The van der Waals surface area contributed by atoms with Crippen LogP contribution in [0.2, 0.25) is 0 Å². The van der Waals surface area contributed by atoms with E-state index in [-0.39, 0.29) is 38.8 Å². The number of benzene rings is 2. The predicted molar refractivity (Wildman–Crippen MR) is 51.8 cm³/mol. The molecule has 15 heavy (non-hydrogen) atoms. The van der Waals surface area contributed by atoms with Crippen LogP contribution in [0.4, 0.5) is 0 Å². The van der Waals surface area contributed by atoms with Crippen molar-refractivity contribution in [2.24, 2.45) is 0 Å². The van der Waals surface area contributed by atoms with Gasteiger partial charge < -0.3 is 10.2 Å². The Kier molecular flexibility index (Phi) is 7.71. The minimum atomic E-state index is 0. The smallest absolute Gasteiger partial charge is 0.872 e. The van der Waals surface area contributed by atoms with E-state index in [1.54, 1.807) is 24.3 Å². The molecule has 0 N–H and O–H groups in total. The Hall–Kier alpha value is -1.04. The van der Waals surface area contributed by atoms with Gasteiger partial charge in [-0.05, 0) is 0 Å². The SMILES string of the molecule is [Cd+2].[O-]c1ccccc1.[O-]c1ccccc1. The average Bonchev–Trinajstić information content (AvgIpc) is 2.21. The topological polar surface area (TPSA) is 46.1 Å². The van der Waals surface area contributed by atoms with Crippen LogP contribution in [0.5, 0.6) is 11.5 Å². The maximum atomic E-state index is 10.3. The van der Waals surface area contributed by atoms with Gasteiger partial charge in [-0.2, -0.15) is 0 Å². The van der Waals surface area contributed by atoms with Gasteiger partial charge in [-0.25, -0.2) is 0 Å². The molecule has 2 nitrogen and oxygen atoms in total. The summed E-state index contributed by atoms with van der Waals surface area (Å²) in [5, 5.41) is 20.5. The molecule has 0 unspecified atom stereocenters. The van der Waals surface area contributed by atoms with Crippen molar-refractivity contribution >= 4 is 0 Å². The van der Waals surface area contributed by atoms with Crippen molar-refractivity contribution in [2.45, 2.75) is 0 Å². The molecule has 3 heteroatoms. The predicted octanol–water partition coefficient (Wildman–Crippen LogP) is 1.52. The van der Waals surface area contributed by atoms with Gasteiger partial charge in [0.05, 0.1) is 0 Å². The summed E-state index contributed by atoms with van der Waals surface area (Å²) in [6, 6.07) is 16.7. The van der Waals surface area contributed by atoms with Gasteiger partial charge in [0.15, 0.2) is 0 Å². The first-order valence-electron chi connectivity index (χ1n) is 4.23. The van der Waals surface area contributed by atoms with E-state index in [0.29, 0.717) is 0 Å². The molecule has 0 aliphatic carbocycles. The molecule has 2 rings (SSSR count). The average molecular weight is 299 g/mol. The molecule has 0 aliphatic rings. The minimum absolute atomic E-state index is 0. The van der Waals surface area contributed by atoms with Crippen LogP contribution in [0.25, 0.3) is 0 Å². The summed E-state index contributed by atoms with van der Waals surface area (Å²) in [5.41, 5.74) is 0. The molecule has 0 fully saturated rings. The van der Waals surface area contributed by atoms with E-state index < -0.39 is 0 Å². The second-order valence-electron chi connectivity index (χ2n) is 2.63. The van der Waals surface area contributed by atoms with Gasteiger partial charge >= 0.3 is 27.3 Å². The summed E-state index contributed by atoms with van der Waals surface area (Å²) < 4.78 is 0. The molecule has 0 radical (unpaired) electrons. The Bertz CT molecular complexity index is 311. The maximum absolute atomic E-state index is 10.3. The summed E-state index contributed by atoms with van der Waals surface area (Å²) in [4.78, 5) is 0. The summed E-state index contributed by atoms with van der Waals surface area (Å²) in [7, 11) is 0. The van der Waals surface area contributed by atoms with Crippen molar-refractivity contribution in [3.63, 3.8) is 0 Å². The summed E-state index contributed by atoms with van der Waals surface area (Å²) >= 11 is 0. The van der Waals surface area contributed by atoms with Crippen LogP contribution in [0, 0.1) is 0 Å². The van der Waals surface area contributed by atoms with Crippen molar-refractivity contribution in [3.8, 4) is 11.5 Å². The van der Waals surface area contributed by atoms with Gasteiger partial charge in [-0.15, -0.1) is 11.5 Å². The molecule has 0 aliphatic heterocycles. The molecular formula is C12H10CdO2. The Morgan fingerprint density at radius 1 is 0.533 bits per heavy atom. The van der Waals surface area contributed by atoms with E-state index in [9.17, 15) is 10.2 Å². The summed E-state index contributed by atoms with van der Waals surface area (Å²) in [6.07, 6.45) is 0. The molecule has 0 aromatic heterocycles. The van der Waals surface area contributed by atoms with Crippen LogP contribution in [0.3, 0.4) is 0 Å². The molecule has 72 valence electrons. The fourth-order valence-corrected chi connectivity index (χ4v) is 0.841. The molecule has 0 heterocycles. The third-order valence-electron chi connectivity index (χ3n) is 1.49. The van der Waals surface area contributed by atoms with Crippen LogP contribution >= 0.6 is 0 Å². The van der Waals surface area contributed by atoms with E-state index in [2.05, 4.69) is 0 Å². The molecule has 0 atom stereocenters. The van der Waals surface area contributed by atoms with Gasteiger partial charge in [0.25, 0.3) is 0 Å². The number of hydrogen-bond donors (Lipinski definition) is 0. The van der Waals surface area contributed by atoms with Gasteiger partial charge in [0.2, 0.25) is 0 Å². The molecule has 2 aromatic carbocycles. The molecule has 0 spiro atoms. The van der Waals surface area contributed by atoms with E-state index in [1.807, 2.05) is 12.1 Å². The van der Waals surface area contributed by atoms with Crippen LogP contribution < -0.4 is 10.2 Å². The Balaban J connectivity index is 0.000000245. The number of para-hydroxylation sites is 2. The number of rotatable bonds is 0. The maximum Gasteiger partial charge on any atom is 2.00 e. The van der Waals surface area contributed by atoms with Crippen LogP contribution in [0.15, 0.2) is 60.7 Å². The quantitative estimate of drug-likeness (QED) is 0.692. The Morgan fingerprint density at radius 2 is 0.800 bits per heavy atom. The Labute approximate surface area is 109 Å². The van der Waals surface area contributed by atoms with Crippen LogP contribution in [0.1, 0.15) is 0 Å². The zero-order valence-corrected chi connectivity index (χ0v) is 12.3. The van der Waals surface area contributed by atoms with E-state index in [1.165, 1.54) is 24.3 Å². The fraction of sp³-hybridized carbons (Fsp3) is 0. The van der Waals surface area contributed by atoms with E-state index in [0.717, 1.165) is 0 Å². The first-order valence-corrected chi connectivity index (χ1v) is 4.23. The second kappa shape index (κ2) is 8.29. The second-order valence-corrected chi connectivity index (χ2v) is 2.63. The Morgan fingerprint density at radius 3 is 0.933 bits per heavy atom. The van der Waals surface area contributed by atoms with Crippen LogP contribution in [-0.2, 0) is 27.3 Å². The normalized spacial score (nSPS) is 8.00. The molecule has 2 aromatic rings. The van der Waals surface area contributed by atoms with Gasteiger partial charge in [0, 0.05) is 0 Å². The first kappa shape index (κ1) is 14.0. The van der Waals surface area contributed by atoms with Gasteiger partial charge in [0.1, 0.15) is 0 Å². The van der Waals surface area contributed by atoms with E-state index in [4.69, 9.17) is 0 Å². The molecular weight excluding hydrogens is 289 g/mol. The molecule has 0 bridgehead atoms. The van der Waals surface area contributed by atoms with Crippen LogP contribution in [-0.4, -0.2) is 0 Å². The molecule has 0 saturated carbocycles. The van der Waals surface area contributed by atoms with Crippen molar-refractivity contribution in [2.75, 3.05) is 0 Å². The fourth-order valence-electron chi connectivity index (χ4n) is 0.841. The van der Waals surface area contributed by atoms with Gasteiger partial charge in [-0.3, -0.25) is 0 Å². The molecule has 0 amide bonds. The van der Waals surface area contributed by atoms with Gasteiger partial charge in [-0.1, -0.05) is 60.7 Å². The largest absolute Gasteiger partial charge is 2.00 e. The molecule has 0 saturated heterocycles. The van der Waals surface area contributed by atoms with Crippen molar-refractivity contribution in [1.82, 2.24) is 0 Å². The van der Waals surface area contributed by atoms with Crippen molar-refractivity contribution in [1.29, 1.82) is 0 Å². The third kappa shape index (κ3) is 6.96. The third-order valence-corrected chi connectivity index (χ3v) is 1.49. The monoisotopic (exact) mass is 300 g/mol. The zero-order valence-electron chi connectivity index (χ0n) is 8.30. The summed E-state index contributed by atoms with van der Waals surface area (Å²) in [6.45, 7) is 0.